The average molecular weight is 707 g/mol. The van der Waals surface area contributed by atoms with Crippen molar-refractivity contribution in [3.05, 3.63) is 34.0 Å². The van der Waals surface area contributed by atoms with Gasteiger partial charge in [0, 0.05) is 61.1 Å². The van der Waals surface area contributed by atoms with Gasteiger partial charge in [0.25, 0.3) is 17.7 Å². The third kappa shape index (κ3) is 6.31. The molecule has 0 aromatic heterocycles. The standard InChI is InChI=1S/3C9H13NO3.Gd/c3*1-5(11)6-7(12)9(2,3)10(4)8(6)13;/h3*12H,1-4H3;. The van der Waals surface area contributed by atoms with Crippen molar-refractivity contribution in [2.45, 2.75) is 78.9 Å². The van der Waals surface area contributed by atoms with E-state index in [-0.39, 0.29) is 91.3 Å². The normalized spacial score (nSPS) is 20.7. The molecule has 0 unspecified atom stereocenters. The van der Waals surface area contributed by atoms with Crippen molar-refractivity contribution >= 4 is 35.1 Å². The zero-order chi connectivity index (χ0) is 31.2. The Morgan fingerprint density at radius 3 is 0.700 bits per heavy atom. The van der Waals surface area contributed by atoms with Gasteiger partial charge in [-0.3, -0.25) is 28.8 Å². The van der Waals surface area contributed by atoms with E-state index < -0.39 is 34.3 Å². The van der Waals surface area contributed by atoms with E-state index in [1.165, 1.54) is 35.5 Å². The number of hydrogen-bond donors (Lipinski definition) is 3. The fourth-order valence-electron chi connectivity index (χ4n) is 3.91. The molecule has 224 valence electrons. The summed E-state index contributed by atoms with van der Waals surface area (Å²) in [5.74, 6) is -2.78. The number of hydrogen-bond acceptors (Lipinski definition) is 9. The van der Waals surface area contributed by atoms with Crippen LogP contribution in [0.3, 0.4) is 0 Å². The van der Waals surface area contributed by atoms with Gasteiger partial charge in [0.2, 0.25) is 0 Å². The summed E-state index contributed by atoms with van der Waals surface area (Å²) in [6.07, 6.45) is 0. The van der Waals surface area contributed by atoms with E-state index in [0.717, 1.165) is 0 Å². The van der Waals surface area contributed by atoms with Gasteiger partial charge in [-0.2, -0.15) is 0 Å². The molecular weight excluding hydrogens is 668 g/mol. The van der Waals surface area contributed by atoms with Crippen molar-refractivity contribution in [1.29, 1.82) is 0 Å². The predicted octanol–water partition coefficient (Wildman–Crippen LogP) is 1.91. The van der Waals surface area contributed by atoms with Gasteiger partial charge in [0.1, 0.15) is 34.0 Å². The fraction of sp³-hybridized carbons (Fsp3) is 0.556. The van der Waals surface area contributed by atoms with Crippen molar-refractivity contribution in [3.63, 3.8) is 0 Å². The Labute approximate surface area is 266 Å². The van der Waals surface area contributed by atoms with Crippen LogP contribution in [0.4, 0.5) is 0 Å². The predicted molar refractivity (Wildman–Crippen MR) is 142 cm³/mol. The Hall–Kier alpha value is -2.64. The van der Waals surface area contributed by atoms with Gasteiger partial charge < -0.3 is 30.0 Å². The molecule has 0 spiro atoms. The van der Waals surface area contributed by atoms with E-state index in [1.54, 1.807) is 62.7 Å². The van der Waals surface area contributed by atoms with Gasteiger partial charge in [0.05, 0.1) is 16.6 Å². The third-order valence-corrected chi connectivity index (χ3v) is 7.58. The molecule has 0 saturated carbocycles. The van der Waals surface area contributed by atoms with Crippen LogP contribution in [0.5, 0.6) is 0 Å². The quantitative estimate of drug-likeness (QED) is 0.371. The maximum absolute atomic E-state index is 11.5. The monoisotopic (exact) mass is 707 g/mol. The van der Waals surface area contributed by atoms with Crippen LogP contribution in [0.25, 0.3) is 0 Å². The van der Waals surface area contributed by atoms with Gasteiger partial charge >= 0.3 is 0 Å². The van der Waals surface area contributed by atoms with E-state index in [2.05, 4.69) is 0 Å². The number of carbonyl (C=O) groups is 6. The first-order valence-corrected chi connectivity index (χ1v) is 12.1. The topological polar surface area (TPSA) is 173 Å². The van der Waals surface area contributed by atoms with Crippen molar-refractivity contribution < 1.29 is 84.0 Å². The third-order valence-electron chi connectivity index (χ3n) is 7.58. The molecule has 0 bridgehead atoms. The number of rotatable bonds is 3. The van der Waals surface area contributed by atoms with Gasteiger partial charge in [-0.15, -0.1) is 0 Å². The first kappa shape index (κ1) is 37.4. The van der Waals surface area contributed by atoms with Crippen LogP contribution in [0.15, 0.2) is 34.0 Å². The molecule has 13 heteroatoms. The molecule has 3 aliphatic heterocycles. The zero-order valence-electron chi connectivity index (χ0n) is 25.0. The number of carbonyl (C=O) groups excluding carboxylic acids is 6. The minimum Gasteiger partial charge on any atom is -0.509 e. The molecule has 3 aliphatic rings. The Morgan fingerprint density at radius 1 is 0.500 bits per heavy atom. The van der Waals surface area contributed by atoms with Crippen LogP contribution < -0.4 is 0 Å². The van der Waals surface area contributed by atoms with E-state index in [4.69, 9.17) is 0 Å². The van der Waals surface area contributed by atoms with Crippen molar-refractivity contribution in [3.8, 4) is 0 Å². The van der Waals surface area contributed by atoms with Crippen molar-refractivity contribution in [1.82, 2.24) is 14.7 Å². The molecule has 3 N–H and O–H groups in total. The summed E-state index contributed by atoms with van der Waals surface area (Å²) in [7, 11) is 4.69. The summed E-state index contributed by atoms with van der Waals surface area (Å²) in [6.45, 7) is 14.0. The number of amides is 3. The largest absolute Gasteiger partial charge is 0.509 e. The number of likely N-dealkylation sites (N-methyl/N-ethyl adjacent to an activating group) is 3. The molecule has 40 heavy (non-hydrogen) atoms. The van der Waals surface area contributed by atoms with E-state index >= 15 is 0 Å². The summed E-state index contributed by atoms with van der Waals surface area (Å²) in [6, 6.07) is 0. The van der Waals surface area contributed by atoms with Gasteiger partial charge in [-0.25, -0.2) is 0 Å². The summed E-state index contributed by atoms with van der Waals surface area (Å²) in [5, 5.41) is 28.9. The Balaban J connectivity index is 0.000000563. The summed E-state index contributed by atoms with van der Waals surface area (Å²) in [5.41, 5.74) is -2.57. The summed E-state index contributed by atoms with van der Waals surface area (Å²) in [4.78, 5) is 71.6. The second-order valence-electron chi connectivity index (χ2n) is 11.1. The van der Waals surface area contributed by atoms with Gasteiger partial charge in [0.15, 0.2) is 17.3 Å². The molecule has 3 rings (SSSR count). The zero-order valence-corrected chi connectivity index (χ0v) is 27.3. The van der Waals surface area contributed by atoms with Crippen LogP contribution in [-0.2, 0) is 28.8 Å². The van der Waals surface area contributed by atoms with Gasteiger partial charge in [-0.05, 0) is 62.3 Å². The van der Waals surface area contributed by atoms with Crippen LogP contribution in [-0.4, -0.2) is 103 Å². The molecule has 0 aliphatic carbocycles. The second kappa shape index (κ2) is 12.5. The minimum absolute atomic E-state index is 0. The Kier molecular flexibility index (Phi) is 11.7. The van der Waals surface area contributed by atoms with Crippen LogP contribution in [0.2, 0.25) is 0 Å². The molecule has 0 aromatic carbocycles. The molecule has 0 fully saturated rings. The number of aliphatic hydroxyl groups excluding tert-OH is 3. The fourth-order valence-corrected chi connectivity index (χ4v) is 3.91. The maximum Gasteiger partial charge on any atom is 0.261 e. The summed E-state index contributed by atoms with van der Waals surface area (Å²) < 4.78 is 0. The van der Waals surface area contributed by atoms with Crippen LogP contribution >= 0.6 is 0 Å². The van der Waals surface area contributed by atoms with E-state index in [9.17, 15) is 44.1 Å². The number of aliphatic hydroxyl groups is 3. The molecule has 0 saturated heterocycles. The van der Waals surface area contributed by atoms with Crippen LogP contribution in [0, 0.1) is 39.9 Å². The van der Waals surface area contributed by atoms with Crippen LogP contribution in [0.1, 0.15) is 62.3 Å². The Bertz CT molecular complexity index is 1100. The first-order chi connectivity index (χ1) is 17.4. The SMILES string of the molecule is CC(=O)C1=C(O)C(C)(C)N(C)C1=O.CC(=O)C1=C(O)C(C)(C)N(C)C1=O.CC(=O)C1=C(O)C(C)(C)N(C)C1=O.[Gd]. The van der Waals surface area contributed by atoms with Gasteiger partial charge in [-0.1, -0.05) is 0 Å². The van der Waals surface area contributed by atoms with E-state index in [0.29, 0.717) is 0 Å². The van der Waals surface area contributed by atoms with E-state index in [1.807, 2.05) is 0 Å². The van der Waals surface area contributed by atoms with Crippen molar-refractivity contribution in [2.24, 2.45) is 0 Å². The molecule has 3 amide bonds. The Morgan fingerprint density at radius 2 is 0.650 bits per heavy atom. The summed E-state index contributed by atoms with van der Waals surface area (Å²) >= 11 is 0. The number of nitrogens with zero attached hydrogens (tertiary/aromatic N) is 3. The molecule has 3 heterocycles. The molecule has 12 nitrogen and oxygen atoms in total. The molecule has 0 radical (unpaired) electrons. The minimum atomic E-state index is -0.766. The molecule has 0 aromatic rings. The number of Topliss-reactive ketones (excluding diaryl/α,β-unsaturated/α-hetero) is 3. The number of ketones is 3. The smallest absolute Gasteiger partial charge is 0.261 e. The maximum atomic E-state index is 11.5. The average Bonchev–Trinajstić information content (AvgIpc) is 3.14. The molecular formula is C27H39GdN3O9. The second-order valence-corrected chi connectivity index (χ2v) is 11.1. The molecule has 0 atom stereocenters. The van der Waals surface area contributed by atoms with Crippen molar-refractivity contribution in [2.75, 3.05) is 21.1 Å². The first-order valence-electron chi connectivity index (χ1n) is 12.1.